The van der Waals surface area contributed by atoms with Crippen molar-refractivity contribution in [2.45, 2.75) is 27.1 Å². The molecule has 28 heavy (non-hydrogen) atoms. The van der Waals surface area contributed by atoms with Crippen molar-refractivity contribution in [3.8, 4) is 11.3 Å². The number of hydrogen-bond donors (Lipinski definition) is 0. The monoisotopic (exact) mass is 367 g/mol. The highest BCUT2D eigenvalue weighted by Crippen LogP contribution is 2.36. The van der Waals surface area contributed by atoms with Gasteiger partial charge in [-0.05, 0) is 64.5 Å². The fraction of sp³-hybridized carbons (Fsp3) is 0.192. The van der Waals surface area contributed by atoms with Gasteiger partial charge in [0.25, 0.3) is 0 Å². The number of fused-ring (bicyclic) bond motifs is 5. The van der Waals surface area contributed by atoms with Gasteiger partial charge in [-0.25, -0.2) is 0 Å². The SMILES string of the molecule is [2H]C([2H])(c1ccnc(-c2ccc3oc4ccc5ccccc5c4c3c2)c1)C(C)(C)C. The van der Waals surface area contributed by atoms with Gasteiger partial charge in [-0.2, -0.15) is 0 Å². The number of hydrogen-bond acceptors (Lipinski definition) is 2. The molecule has 2 heterocycles. The highest BCUT2D eigenvalue weighted by Gasteiger charge is 2.14. The average Bonchev–Trinajstić information content (AvgIpc) is 3.11. The Morgan fingerprint density at radius 1 is 0.893 bits per heavy atom. The lowest BCUT2D eigenvalue weighted by Crippen LogP contribution is -2.09. The maximum absolute atomic E-state index is 8.61. The maximum Gasteiger partial charge on any atom is 0.136 e. The minimum absolute atomic E-state index is 0.519. The van der Waals surface area contributed by atoms with E-state index in [1.807, 2.05) is 57.2 Å². The molecule has 2 aromatic heterocycles. The van der Waals surface area contributed by atoms with E-state index in [0.29, 0.717) is 5.56 Å². The molecular weight excluding hydrogens is 342 g/mol. The molecule has 2 heteroatoms. The predicted molar refractivity (Wildman–Crippen MR) is 118 cm³/mol. The van der Waals surface area contributed by atoms with Crippen molar-refractivity contribution >= 4 is 32.7 Å². The highest BCUT2D eigenvalue weighted by molar-refractivity contribution is 6.19. The molecule has 0 saturated heterocycles. The summed E-state index contributed by atoms with van der Waals surface area (Å²) >= 11 is 0. The second kappa shape index (κ2) is 6.20. The Bertz CT molecular complexity index is 1410. The molecule has 0 spiro atoms. The van der Waals surface area contributed by atoms with E-state index in [2.05, 4.69) is 29.2 Å². The molecule has 0 aliphatic heterocycles. The summed E-state index contributed by atoms with van der Waals surface area (Å²) in [5, 5.41) is 4.49. The first-order valence-corrected chi connectivity index (χ1v) is 9.57. The minimum Gasteiger partial charge on any atom is -0.456 e. The van der Waals surface area contributed by atoms with Crippen LogP contribution < -0.4 is 0 Å². The summed E-state index contributed by atoms with van der Waals surface area (Å²) in [4.78, 5) is 4.54. The molecule has 0 aliphatic carbocycles. The van der Waals surface area contributed by atoms with Gasteiger partial charge < -0.3 is 4.42 Å². The molecule has 5 rings (SSSR count). The van der Waals surface area contributed by atoms with Crippen molar-refractivity contribution in [1.29, 1.82) is 0 Å². The van der Waals surface area contributed by atoms with Crippen LogP contribution in [-0.4, -0.2) is 4.98 Å². The fourth-order valence-corrected chi connectivity index (χ4v) is 3.81. The molecule has 0 aliphatic rings. The number of aromatic nitrogens is 1. The topological polar surface area (TPSA) is 26.0 Å². The van der Waals surface area contributed by atoms with Crippen LogP contribution in [0.25, 0.3) is 44.0 Å². The molecule has 3 aromatic carbocycles. The minimum atomic E-state index is -1.46. The first kappa shape index (κ1) is 14.9. The smallest absolute Gasteiger partial charge is 0.136 e. The van der Waals surface area contributed by atoms with Gasteiger partial charge in [-0.1, -0.05) is 51.1 Å². The third kappa shape index (κ3) is 2.95. The summed E-state index contributed by atoms with van der Waals surface area (Å²) in [6, 6.07) is 22.1. The average molecular weight is 367 g/mol. The summed E-state index contributed by atoms with van der Waals surface area (Å²) < 4.78 is 23.3. The molecule has 0 unspecified atom stereocenters. The van der Waals surface area contributed by atoms with Gasteiger partial charge in [0.15, 0.2) is 0 Å². The standard InChI is InChI=1S/C26H23NO/c1-26(2,3)16-17-12-13-27-22(14-17)19-9-10-23-21(15-19)25-20-7-5-4-6-18(20)8-11-24(25)28-23/h4-15H,16H2,1-3H3/i16D2. The van der Waals surface area contributed by atoms with Crippen molar-refractivity contribution in [2.24, 2.45) is 5.41 Å². The number of pyridine rings is 1. The second-order valence-electron chi connectivity index (χ2n) is 8.28. The first-order valence-electron chi connectivity index (χ1n) is 10.6. The molecule has 2 nitrogen and oxygen atoms in total. The van der Waals surface area contributed by atoms with Gasteiger partial charge in [0.2, 0.25) is 0 Å². The van der Waals surface area contributed by atoms with E-state index in [9.17, 15) is 0 Å². The summed E-state index contributed by atoms with van der Waals surface area (Å²) in [6.45, 7) is 5.76. The van der Waals surface area contributed by atoms with Gasteiger partial charge >= 0.3 is 0 Å². The molecule has 0 bridgehead atoms. The van der Waals surface area contributed by atoms with Gasteiger partial charge in [0.05, 0.1) is 5.69 Å². The van der Waals surface area contributed by atoms with Crippen LogP contribution in [0.1, 0.15) is 29.1 Å². The van der Waals surface area contributed by atoms with Gasteiger partial charge in [0.1, 0.15) is 11.2 Å². The Morgan fingerprint density at radius 3 is 2.57 bits per heavy atom. The second-order valence-corrected chi connectivity index (χ2v) is 8.28. The first-order chi connectivity index (χ1) is 14.3. The van der Waals surface area contributed by atoms with Gasteiger partial charge in [-0.3, -0.25) is 4.98 Å². The zero-order valence-electron chi connectivity index (χ0n) is 18.3. The number of rotatable bonds is 2. The van der Waals surface area contributed by atoms with Crippen molar-refractivity contribution < 1.29 is 7.16 Å². The normalized spacial score (nSPS) is 13.8. The molecule has 0 N–H and O–H groups in total. The molecule has 0 radical (unpaired) electrons. The molecule has 0 saturated carbocycles. The highest BCUT2D eigenvalue weighted by atomic mass is 16.3. The van der Waals surface area contributed by atoms with Crippen molar-refractivity contribution in [1.82, 2.24) is 4.98 Å². The van der Waals surface area contributed by atoms with Crippen molar-refractivity contribution in [3.05, 3.63) is 78.5 Å². The third-order valence-corrected chi connectivity index (χ3v) is 4.93. The van der Waals surface area contributed by atoms with Crippen LogP contribution in [0.4, 0.5) is 0 Å². The van der Waals surface area contributed by atoms with E-state index >= 15 is 0 Å². The van der Waals surface area contributed by atoms with Crippen LogP contribution >= 0.6 is 0 Å². The Balaban J connectivity index is 1.72. The predicted octanol–water partition coefficient (Wildman–Crippen LogP) is 7.39. The largest absolute Gasteiger partial charge is 0.456 e. The van der Waals surface area contributed by atoms with Crippen molar-refractivity contribution in [3.63, 3.8) is 0 Å². The molecule has 5 aromatic rings. The maximum atomic E-state index is 8.61. The van der Waals surface area contributed by atoms with Crippen LogP contribution in [0.2, 0.25) is 0 Å². The van der Waals surface area contributed by atoms with Crippen LogP contribution in [0.15, 0.2) is 77.3 Å². The Morgan fingerprint density at radius 2 is 1.71 bits per heavy atom. The van der Waals surface area contributed by atoms with Crippen LogP contribution in [-0.2, 0) is 6.37 Å². The molecule has 0 fully saturated rings. The number of nitrogens with zero attached hydrogens (tertiary/aromatic N) is 1. The van der Waals surface area contributed by atoms with E-state index < -0.39 is 11.8 Å². The number of furan rings is 1. The van der Waals surface area contributed by atoms with E-state index in [4.69, 9.17) is 7.16 Å². The van der Waals surface area contributed by atoms with Crippen LogP contribution in [0.5, 0.6) is 0 Å². The van der Waals surface area contributed by atoms with Gasteiger partial charge in [0, 0.05) is 25.3 Å². The van der Waals surface area contributed by atoms with E-state index in [-0.39, 0.29) is 0 Å². The molecular formula is C26H23NO. The zero-order chi connectivity index (χ0) is 21.1. The van der Waals surface area contributed by atoms with E-state index in [1.165, 1.54) is 5.39 Å². The zero-order valence-corrected chi connectivity index (χ0v) is 16.3. The Hall–Kier alpha value is -3.13. The lowest BCUT2D eigenvalue weighted by molar-refractivity contribution is 0.411. The number of benzene rings is 3. The lowest BCUT2D eigenvalue weighted by Gasteiger charge is -2.18. The summed E-state index contributed by atoms with van der Waals surface area (Å²) in [6.07, 6.45) is 0.231. The van der Waals surface area contributed by atoms with Gasteiger partial charge in [-0.15, -0.1) is 0 Å². The van der Waals surface area contributed by atoms with E-state index in [1.54, 1.807) is 12.3 Å². The third-order valence-electron chi connectivity index (χ3n) is 4.93. The quantitative estimate of drug-likeness (QED) is 0.325. The Labute approximate surface area is 167 Å². The van der Waals surface area contributed by atoms with Crippen LogP contribution in [0.3, 0.4) is 0 Å². The van der Waals surface area contributed by atoms with Crippen molar-refractivity contribution in [2.75, 3.05) is 0 Å². The van der Waals surface area contributed by atoms with Crippen LogP contribution in [0, 0.1) is 5.41 Å². The summed E-state index contributed by atoms with van der Waals surface area (Å²) in [5.74, 6) is 0. The summed E-state index contributed by atoms with van der Waals surface area (Å²) in [7, 11) is 0. The molecule has 138 valence electrons. The van der Waals surface area contributed by atoms with E-state index in [0.717, 1.165) is 38.6 Å². The fourth-order valence-electron chi connectivity index (χ4n) is 3.81. The summed E-state index contributed by atoms with van der Waals surface area (Å²) in [5.41, 5.74) is 3.54. The lowest BCUT2D eigenvalue weighted by atomic mass is 9.88. The Kier molecular flexibility index (Phi) is 3.29. The molecule has 0 amide bonds. The molecule has 0 atom stereocenters.